The standard InChI is InChI=1S/C41H49N2O8/c1-42-17-15-28-30(22-37-41(39(28)47-7)50-24-49-37)32(42)19-25-9-12-27(13-10-25)51-35-21-26(11-14-34(35)44-4)20-33-31-23-36(45-5)40(48-8)38(46-6)29(31)16-18-43(33,2)3/h9-14,21-23,32-33H,15-20,24H2,1-8H3/q+1/t32-,33-/m0/s1. The number of hydrogen-bond donors (Lipinski definition) is 0. The number of rotatable bonds is 11. The molecule has 0 N–H and O–H groups in total. The molecule has 7 rings (SSSR count). The fraction of sp³-hybridized carbons (Fsp3) is 0.415. The minimum Gasteiger partial charge on any atom is -0.493 e. The zero-order valence-electron chi connectivity index (χ0n) is 31.0. The second-order valence-corrected chi connectivity index (χ2v) is 14.1. The van der Waals surface area contributed by atoms with Crippen molar-refractivity contribution in [2.24, 2.45) is 0 Å². The third kappa shape index (κ3) is 6.36. The summed E-state index contributed by atoms with van der Waals surface area (Å²) < 4.78 is 47.8. The van der Waals surface area contributed by atoms with Crippen molar-refractivity contribution in [2.75, 3.05) is 76.6 Å². The molecule has 3 heterocycles. The van der Waals surface area contributed by atoms with E-state index in [1.54, 1.807) is 35.5 Å². The molecule has 3 aliphatic rings. The molecule has 0 unspecified atom stereocenters. The maximum atomic E-state index is 6.51. The molecule has 0 aromatic heterocycles. The summed E-state index contributed by atoms with van der Waals surface area (Å²) in [7, 11) is 15.1. The molecular weight excluding hydrogens is 648 g/mol. The Balaban J connectivity index is 1.13. The van der Waals surface area contributed by atoms with Crippen LogP contribution < -0.4 is 37.9 Å². The van der Waals surface area contributed by atoms with Gasteiger partial charge in [0.05, 0.1) is 56.2 Å². The molecule has 0 saturated carbocycles. The molecule has 4 aromatic carbocycles. The van der Waals surface area contributed by atoms with Crippen molar-refractivity contribution in [1.82, 2.24) is 4.90 Å². The highest BCUT2D eigenvalue weighted by Gasteiger charge is 2.39. The molecule has 0 spiro atoms. The summed E-state index contributed by atoms with van der Waals surface area (Å²) in [6.45, 7) is 2.12. The van der Waals surface area contributed by atoms with Crippen molar-refractivity contribution in [3.8, 4) is 51.7 Å². The number of fused-ring (bicyclic) bond motifs is 3. The van der Waals surface area contributed by atoms with Gasteiger partial charge in [-0.25, -0.2) is 0 Å². The van der Waals surface area contributed by atoms with E-state index in [0.717, 1.165) is 71.8 Å². The van der Waals surface area contributed by atoms with E-state index >= 15 is 0 Å². The molecule has 4 aromatic rings. The van der Waals surface area contributed by atoms with Crippen LogP contribution in [-0.2, 0) is 25.7 Å². The Labute approximate surface area is 300 Å². The van der Waals surface area contributed by atoms with Crippen LogP contribution in [0.1, 0.15) is 45.5 Å². The molecule has 0 radical (unpaired) electrons. The van der Waals surface area contributed by atoms with E-state index < -0.39 is 0 Å². The summed E-state index contributed by atoms with van der Waals surface area (Å²) in [6.07, 6.45) is 3.42. The first-order chi connectivity index (χ1) is 24.7. The highest BCUT2D eigenvalue weighted by molar-refractivity contribution is 5.62. The Kier molecular flexibility index (Phi) is 9.56. The first-order valence-corrected chi connectivity index (χ1v) is 17.5. The zero-order chi connectivity index (χ0) is 35.9. The Morgan fingerprint density at radius 3 is 2.10 bits per heavy atom. The quantitative estimate of drug-likeness (QED) is 0.155. The SMILES string of the molecule is COc1ccc(C[C@H]2c3cc(OC)c(OC)c(OC)c3CC[N+]2(C)C)cc1Oc1ccc(C[C@H]2c3cc4c(c(OC)c3CCN2C)OCO4)cc1. The van der Waals surface area contributed by atoms with Crippen molar-refractivity contribution in [3.63, 3.8) is 0 Å². The average Bonchev–Trinajstić information content (AvgIpc) is 3.61. The topological polar surface area (TPSA) is 77.1 Å². The van der Waals surface area contributed by atoms with Gasteiger partial charge in [-0.05, 0) is 73.0 Å². The van der Waals surface area contributed by atoms with Gasteiger partial charge in [-0.3, -0.25) is 4.90 Å². The molecule has 270 valence electrons. The van der Waals surface area contributed by atoms with Crippen molar-refractivity contribution in [1.29, 1.82) is 0 Å². The summed E-state index contributed by atoms with van der Waals surface area (Å²) in [5, 5.41) is 0. The number of benzene rings is 4. The molecule has 0 fully saturated rings. The maximum Gasteiger partial charge on any atom is 0.231 e. The second kappa shape index (κ2) is 14.1. The molecule has 0 amide bonds. The lowest BCUT2D eigenvalue weighted by Gasteiger charge is -2.43. The number of hydrogen-bond acceptors (Lipinski definition) is 9. The van der Waals surface area contributed by atoms with Gasteiger partial charge in [0.1, 0.15) is 11.8 Å². The van der Waals surface area contributed by atoms with E-state index in [1.807, 2.05) is 18.2 Å². The highest BCUT2D eigenvalue weighted by Crippen LogP contribution is 2.50. The van der Waals surface area contributed by atoms with Gasteiger partial charge >= 0.3 is 0 Å². The highest BCUT2D eigenvalue weighted by atomic mass is 16.7. The lowest BCUT2D eigenvalue weighted by molar-refractivity contribution is -0.923. The van der Waals surface area contributed by atoms with E-state index in [2.05, 4.69) is 62.4 Å². The van der Waals surface area contributed by atoms with Crippen LogP contribution in [0.25, 0.3) is 0 Å². The Morgan fingerprint density at radius 1 is 0.686 bits per heavy atom. The molecule has 0 bridgehead atoms. The Morgan fingerprint density at radius 2 is 1.39 bits per heavy atom. The van der Waals surface area contributed by atoms with Crippen molar-refractivity contribution >= 4 is 0 Å². The molecule has 51 heavy (non-hydrogen) atoms. The summed E-state index contributed by atoms with van der Waals surface area (Å²) in [5.74, 6) is 6.44. The molecule has 0 aliphatic carbocycles. The van der Waals surface area contributed by atoms with Crippen LogP contribution in [0.3, 0.4) is 0 Å². The van der Waals surface area contributed by atoms with Gasteiger partial charge in [-0.2, -0.15) is 0 Å². The van der Waals surface area contributed by atoms with Gasteiger partial charge in [0, 0.05) is 42.1 Å². The van der Waals surface area contributed by atoms with E-state index in [-0.39, 0.29) is 18.9 Å². The first-order valence-electron chi connectivity index (χ1n) is 17.5. The lowest BCUT2D eigenvalue weighted by atomic mass is 9.86. The van der Waals surface area contributed by atoms with Gasteiger partial charge in [0.25, 0.3) is 0 Å². The number of likely N-dealkylation sites (N-methyl/N-ethyl adjacent to an activating group) is 2. The van der Waals surface area contributed by atoms with Crippen LogP contribution in [0.2, 0.25) is 0 Å². The summed E-state index contributed by atoms with van der Waals surface area (Å²) in [6, 6.07) is 19.2. The number of nitrogens with zero attached hydrogens (tertiary/aromatic N) is 2. The van der Waals surface area contributed by atoms with Crippen molar-refractivity contribution in [3.05, 3.63) is 88.0 Å². The van der Waals surface area contributed by atoms with Crippen LogP contribution in [0.5, 0.6) is 51.7 Å². The molecule has 10 heteroatoms. The van der Waals surface area contributed by atoms with Gasteiger partial charge in [-0.15, -0.1) is 0 Å². The average molecular weight is 698 g/mol. The molecular formula is C41H49N2O8+. The van der Waals surface area contributed by atoms with Crippen LogP contribution in [-0.4, -0.2) is 86.0 Å². The molecule has 2 atom stereocenters. The minimum absolute atomic E-state index is 0.158. The number of ether oxygens (including phenoxy) is 8. The van der Waals surface area contributed by atoms with E-state index in [0.29, 0.717) is 28.7 Å². The largest absolute Gasteiger partial charge is 0.493 e. The molecule has 10 nitrogen and oxygen atoms in total. The predicted molar refractivity (Wildman–Crippen MR) is 195 cm³/mol. The summed E-state index contributed by atoms with van der Waals surface area (Å²) in [5.41, 5.74) is 7.18. The fourth-order valence-corrected chi connectivity index (χ4v) is 8.06. The van der Waals surface area contributed by atoms with Crippen molar-refractivity contribution < 1.29 is 42.4 Å². The zero-order valence-corrected chi connectivity index (χ0v) is 31.0. The summed E-state index contributed by atoms with van der Waals surface area (Å²) >= 11 is 0. The van der Waals surface area contributed by atoms with E-state index in [1.165, 1.54) is 27.8 Å². The normalized spacial score (nSPS) is 18.7. The van der Waals surface area contributed by atoms with Crippen LogP contribution in [0, 0.1) is 0 Å². The number of quaternary nitrogens is 1. The Hall–Kier alpha value is -4.80. The predicted octanol–water partition coefficient (Wildman–Crippen LogP) is 6.94. The second-order valence-electron chi connectivity index (χ2n) is 14.1. The smallest absolute Gasteiger partial charge is 0.231 e. The molecule has 3 aliphatic heterocycles. The monoisotopic (exact) mass is 697 g/mol. The minimum atomic E-state index is 0.158. The van der Waals surface area contributed by atoms with Crippen LogP contribution >= 0.6 is 0 Å². The fourth-order valence-electron chi connectivity index (χ4n) is 8.06. The third-order valence-corrected chi connectivity index (χ3v) is 10.9. The van der Waals surface area contributed by atoms with E-state index in [4.69, 9.17) is 37.9 Å². The van der Waals surface area contributed by atoms with Crippen LogP contribution in [0.15, 0.2) is 54.6 Å². The maximum absolute atomic E-state index is 6.51. The van der Waals surface area contributed by atoms with Gasteiger partial charge in [0.15, 0.2) is 34.5 Å². The van der Waals surface area contributed by atoms with Crippen LogP contribution in [0.4, 0.5) is 0 Å². The van der Waals surface area contributed by atoms with Gasteiger partial charge < -0.3 is 42.4 Å². The van der Waals surface area contributed by atoms with Gasteiger partial charge in [-0.1, -0.05) is 18.2 Å². The Bertz CT molecular complexity index is 1910. The number of methoxy groups -OCH3 is 5. The first kappa shape index (κ1) is 34.6. The molecule has 0 saturated heterocycles. The summed E-state index contributed by atoms with van der Waals surface area (Å²) in [4.78, 5) is 2.40. The van der Waals surface area contributed by atoms with Crippen molar-refractivity contribution in [2.45, 2.75) is 37.8 Å². The lowest BCUT2D eigenvalue weighted by Crippen LogP contribution is -2.48. The third-order valence-electron chi connectivity index (χ3n) is 10.9. The van der Waals surface area contributed by atoms with E-state index in [9.17, 15) is 0 Å². The van der Waals surface area contributed by atoms with Gasteiger partial charge in [0.2, 0.25) is 18.3 Å².